The second-order valence-electron chi connectivity index (χ2n) is 4.03. The average Bonchev–Trinajstić information content (AvgIpc) is 2.71. The van der Waals surface area contributed by atoms with Crippen molar-refractivity contribution in [2.75, 3.05) is 0 Å². The predicted octanol–water partition coefficient (Wildman–Crippen LogP) is 2.24. The molecule has 2 rings (SSSR count). The average molecular weight is 232 g/mol. The van der Waals surface area contributed by atoms with E-state index in [0.717, 1.165) is 11.3 Å². The fraction of sp³-hybridized carbons (Fsp3) is 0.308. The predicted molar refractivity (Wildman–Crippen MR) is 65.6 cm³/mol. The van der Waals surface area contributed by atoms with Crippen LogP contribution in [0.5, 0.6) is 5.75 Å². The molecule has 90 valence electrons. The molecule has 2 N–H and O–H groups in total. The molecule has 0 bridgehead atoms. The van der Waals surface area contributed by atoms with E-state index in [0.29, 0.717) is 12.2 Å². The maximum Gasteiger partial charge on any atom is 0.137 e. The highest BCUT2D eigenvalue weighted by molar-refractivity contribution is 5.60. The van der Waals surface area contributed by atoms with Crippen molar-refractivity contribution in [3.8, 4) is 17.0 Å². The van der Waals surface area contributed by atoms with Gasteiger partial charge in [-0.25, -0.2) is 4.98 Å². The monoisotopic (exact) mass is 232 g/mol. The zero-order valence-corrected chi connectivity index (χ0v) is 9.96. The summed E-state index contributed by atoms with van der Waals surface area (Å²) in [6, 6.07) is 6.93. The number of aromatic nitrogens is 2. The maximum absolute atomic E-state index is 9.79. The van der Waals surface area contributed by atoms with Gasteiger partial charge in [0.1, 0.15) is 17.7 Å². The molecule has 0 amide bonds. The molecule has 0 aliphatic carbocycles. The molecule has 0 radical (unpaired) electrons. The Labute approximate surface area is 100 Å². The largest absolute Gasteiger partial charge is 0.508 e. The first-order chi connectivity index (χ1) is 8.13. The van der Waals surface area contributed by atoms with E-state index >= 15 is 0 Å². The van der Waals surface area contributed by atoms with Crippen LogP contribution >= 0.6 is 0 Å². The van der Waals surface area contributed by atoms with E-state index < -0.39 is 6.10 Å². The lowest BCUT2D eigenvalue weighted by atomic mass is 10.1. The highest BCUT2D eigenvalue weighted by atomic mass is 16.3. The van der Waals surface area contributed by atoms with Crippen LogP contribution in [0.1, 0.15) is 25.3 Å². The molecule has 0 saturated carbocycles. The minimum Gasteiger partial charge on any atom is -0.508 e. The van der Waals surface area contributed by atoms with Crippen LogP contribution in [0.2, 0.25) is 0 Å². The Morgan fingerprint density at radius 3 is 2.53 bits per heavy atom. The lowest BCUT2D eigenvalue weighted by Gasteiger charge is -2.09. The zero-order chi connectivity index (χ0) is 12.4. The third-order valence-electron chi connectivity index (χ3n) is 2.87. The summed E-state index contributed by atoms with van der Waals surface area (Å²) in [6.45, 7) is 1.92. The van der Waals surface area contributed by atoms with Gasteiger partial charge in [0.25, 0.3) is 0 Å². The summed E-state index contributed by atoms with van der Waals surface area (Å²) in [5, 5.41) is 19.0. The first-order valence-electron chi connectivity index (χ1n) is 5.62. The lowest BCUT2D eigenvalue weighted by Crippen LogP contribution is -2.05. The summed E-state index contributed by atoms with van der Waals surface area (Å²) in [5.41, 5.74) is 1.89. The van der Waals surface area contributed by atoms with Gasteiger partial charge in [-0.15, -0.1) is 0 Å². The Kier molecular flexibility index (Phi) is 3.15. The van der Waals surface area contributed by atoms with Crippen molar-refractivity contribution in [1.29, 1.82) is 0 Å². The smallest absolute Gasteiger partial charge is 0.137 e. The molecule has 0 fully saturated rings. The molecule has 4 nitrogen and oxygen atoms in total. The minimum atomic E-state index is -0.536. The van der Waals surface area contributed by atoms with Gasteiger partial charge in [-0.1, -0.05) is 6.92 Å². The Hall–Kier alpha value is -1.81. The summed E-state index contributed by atoms with van der Waals surface area (Å²) < 4.78 is 1.88. The highest BCUT2D eigenvalue weighted by Gasteiger charge is 2.14. The third-order valence-corrected chi connectivity index (χ3v) is 2.87. The summed E-state index contributed by atoms with van der Waals surface area (Å²) in [5.74, 6) is 0.903. The summed E-state index contributed by atoms with van der Waals surface area (Å²) in [6.07, 6.45) is 1.84. The molecule has 1 unspecified atom stereocenters. The van der Waals surface area contributed by atoms with E-state index in [-0.39, 0.29) is 5.75 Å². The Morgan fingerprint density at radius 1 is 1.29 bits per heavy atom. The normalized spacial score (nSPS) is 12.6. The first-order valence-corrected chi connectivity index (χ1v) is 5.62. The quantitative estimate of drug-likeness (QED) is 0.853. The number of nitrogens with zero attached hydrogens (tertiary/aromatic N) is 2. The van der Waals surface area contributed by atoms with Gasteiger partial charge in [-0.05, 0) is 30.7 Å². The van der Waals surface area contributed by atoms with Crippen LogP contribution in [0.25, 0.3) is 11.3 Å². The number of benzene rings is 1. The molecular formula is C13H16N2O2. The topological polar surface area (TPSA) is 58.3 Å². The van der Waals surface area contributed by atoms with Crippen LogP contribution in [0, 0.1) is 0 Å². The molecule has 2 aromatic rings. The van der Waals surface area contributed by atoms with Crippen LogP contribution in [0.4, 0.5) is 0 Å². The van der Waals surface area contributed by atoms with Crippen molar-refractivity contribution in [3.05, 3.63) is 36.3 Å². The Morgan fingerprint density at radius 2 is 1.94 bits per heavy atom. The van der Waals surface area contributed by atoms with Crippen LogP contribution in [0.3, 0.4) is 0 Å². The second kappa shape index (κ2) is 4.59. The number of rotatable bonds is 3. The molecule has 0 spiro atoms. The number of aromatic hydroxyl groups is 1. The number of aliphatic hydroxyl groups is 1. The molecule has 17 heavy (non-hydrogen) atoms. The van der Waals surface area contributed by atoms with Gasteiger partial charge in [-0.2, -0.15) is 0 Å². The van der Waals surface area contributed by atoms with Crippen molar-refractivity contribution in [2.45, 2.75) is 19.4 Å². The van der Waals surface area contributed by atoms with E-state index in [1.165, 1.54) is 0 Å². The van der Waals surface area contributed by atoms with Crippen LogP contribution < -0.4 is 0 Å². The highest BCUT2D eigenvalue weighted by Crippen LogP contribution is 2.25. The molecule has 0 aliphatic rings. The van der Waals surface area contributed by atoms with Crippen LogP contribution in [0.15, 0.2) is 30.5 Å². The first kappa shape index (κ1) is 11.7. The minimum absolute atomic E-state index is 0.240. The van der Waals surface area contributed by atoms with Gasteiger partial charge in [0.05, 0.1) is 11.9 Å². The molecule has 1 atom stereocenters. The molecule has 0 saturated heterocycles. The van der Waals surface area contributed by atoms with Gasteiger partial charge in [0.2, 0.25) is 0 Å². The fourth-order valence-electron chi connectivity index (χ4n) is 1.82. The Bertz CT molecular complexity index is 503. The molecule has 1 heterocycles. The maximum atomic E-state index is 9.79. The molecule has 1 aromatic heterocycles. The summed E-state index contributed by atoms with van der Waals surface area (Å²) in [4.78, 5) is 4.24. The Balaban J connectivity index is 2.40. The number of aliphatic hydroxyl groups excluding tert-OH is 1. The number of phenols is 1. The van der Waals surface area contributed by atoms with Gasteiger partial charge >= 0.3 is 0 Å². The zero-order valence-electron chi connectivity index (χ0n) is 9.96. The molecule has 4 heteroatoms. The number of phenolic OH excluding ortho intramolecular Hbond substituents is 1. The third kappa shape index (κ3) is 2.17. The molecule has 0 aliphatic heterocycles. The van der Waals surface area contributed by atoms with Gasteiger partial charge < -0.3 is 14.8 Å². The van der Waals surface area contributed by atoms with Crippen molar-refractivity contribution in [2.24, 2.45) is 7.05 Å². The van der Waals surface area contributed by atoms with E-state index in [2.05, 4.69) is 4.98 Å². The van der Waals surface area contributed by atoms with E-state index in [4.69, 9.17) is 0 Å². The number of hydrogen-bond acceptors (Lipinski definition) is 3. The standard InChI is InChI=1S/C13H16N2O2/c1-3-12(17)13-14-8-11(15(13)2)9-4-6-10(16)7-5-9/h4-8,12,16-17H,3H2,1-2H3. The van der Waals surface area contributed by atoms with Crippen molar-refractivity contribution in [1.82, 2.24) is 9.55 Å². The second-order valence-corrected chi connectivity index (χ2v) is 4.03. The van der Waals surface area contributed by atoms with Gasteiger partial charge in [-0.3, -0.25) is 0 Å². The van der Waals surface area contributed by atoms with Crippen LogP contribution in [-0.2, 0) is 7.05 Å². The van der Waals surface area contributed by atoms with Crippen molar-refractivity contribution in [3.63, 3.8) is 0 Å². The summed E-state index contributed by atoms with van der Waals surface area (Å²) in [7, 11) is 1.88. The van der Waals surface area contributed by atoms with E-state index in [1.54, 1.807) is 18.3 Å². The van der Waals surface area contributed by atoms with E-state index in [1.807, 2.05) is 30.7 Å². The van der Waals surface area contributed by atoms with Crippen LogP contribution in [-0.4, -0.2) is 19.8 Å². The van der Waals surface area contributed by atoms with Crippen molar-refractivity contribution >= 4 is 0 Å². The SMILES string of the molecule is CCC(O)c1ncc(-c2ccc(O)cc2)n1C. The molecule has 1 aromatic carbocycles. The number of hydrogen-bond donors (Lipinski definition) is 2. The van der Waals surface area contributed by atoms with Crippen molar-refractivity contribution < 1.29 is 10.2 Å². The fourth-order valence-corrected chi connectivity index (χ4v) is 1.82. The number of imidazole rings is 1. The molecular weight excluding hydrogens is 216 g/mol. The van der Waals surface area contributed by atoms with Gasteiger partial charge in [0.15, 0.2) is 0 Å². The van der Waals surface area contributed by atoms with Gasteiger partial charge in [0, 0.05) is 12.6 Å². The summed E-state index contributed by atoms with van der Waals surface area (Å²) >= 11 is 0. The van der Waals surface area contributed by atoms with E-state index in [9.17, 15) is 10.2 Å². The lowest BCUT2D eigenvalue weighted by molar-refractivity contribution is 0.160.